The van der Waals surface area contributed by atoms with E-state index >= 15 is 4.39 Å². The molecule has 1 heterocycles. The Kier molecular flexibility index (Phi) is 8.53. The van der Waals surface area contributed by atoms with Gasteiger partial charge in [0.15, 0.2) is 0 Å². The maximum atomic E-state index is 15.0. The molecule has 2 aliphatic carbocycles. The van der Waals surface area contributed by atoms with Crippen LogP contribution in [0.1, 0.15) is 97.3 Å². The normalized spacial score (nSPS) is 22.0. The van der Waals surface area contributed by atoms with E-state index in [0.29, 0.717) is 49.5 Å². The Balaban J connectivity index is 1.30. The van der Waals surface area contributed by atoms with Crippen LogP contribution in [0.15, 0.2) is 66.7 Å². The highest BCUT2D eigenvalue weighted by Gasteiger charge is 2.41. The molecule has 0 bridgehead atoms. The van der Waals surface area contributed by atoms with Crippen molar-refractivity contribution in [2.75, 3.05) is 17.2 Å². The first-order valence-corrected chi connectivity index (χ1v) is 15.9. The van der Waals surface area contributed by atoms with Gasteiger partial charge in [0.05, 0.1) is 23.1 Å². The minimum Gasteiger partial charge on any atom is -0.385 e. The van der Waals surface area contributed by atoms with Gasteiger partial charge in [0.2, 0.25) is 5.91 Å². The third kappa shape index (κ3) is 6.19. The fraction of sp³-hybridized carbons (Fsp3) is 0.444. The predicted molar refractivity (Wildman–Crippen MR) is 167 cm³/mol. The molecule has 2 atom stereocenters. The van der Waals surface area contributed by atoms with Crippen molar-refractivity contribution in [1.82, 2.24) is 4.90 Å². The molecule has 3 aromatic carbocycles. The lowest BCUT2D eigenvalue weighted by atomic mass is 9.83. The van der Waals surface area contributed by atoms with Crippen molar-refractivity contribution in [1.29, 1.82) is 0 Å². The number of anilines is 2. The van der Waals surface area contributed by atoms with E-state index in [4.69, 9.17) is 0 Å². The smallest absolute Gasteiger partial charge is 0.257 e. The molecular formula is C36H42FN3O3. The standard InChI is InChI=1S/C36H42FN3O3/c1-24-9-6-15-31(37)32(24)35(42)40-22-8-14-30(33(40)25-16-18-28(19-17-25)38-27-11-2-3-12-27)34(41)39-29-13-7-10-26(23-29)36(43)20-4-5-21-36/h6-7,9-10,13,15-19,23,27,30,33,38,43H,2-5,8,11-12,14,20-22H2,1H3,(H,39,41)/t30-,33-/m0/s1. The van der Waals surface area contributed by atoms with Gasteiger partial charge in [0, 0.05) is 24.0 Å². The van der Waals surface area contributed by atoms with Crippen LogP contribution < -0.4 is 10.6 Å². The van der Waals surface area contributed by atoms with Crippen molar-refractivity contribution in [3.63, 3.8) is 0 Å². The topological polar surface area (TPSA) is 81.7 Å². The fourth-order valence-corrected chi connectivity index (χ4v) is 7.41. The first-order chi connectivity index (χ1) is 20.8. The number of piperidine rings is 1. The number of rotatable bonds is 7. The first-order valence-electron chi connectivity index (χ1n) is 15.9. The number of amides is 2. The second-order valence-electron chi connectivity index (χ2n) is 12.7. The van der Waals surface area contributed by atoms with E-state index in [-0.39, 0.29) is 11.5 Å². The summed E-state index contributed by atoms with van der Waals surface area (Å²) < 4.78 is 15.0. The van der Waals surface area contributed by atoms with E-state index in [1.807, 2.05) is 48.5 Å². The Bertz CT molecular complexity index is 1440. The molecule has 1 aliphatic heterocycles. The molecule has 2 saturated carbocycles. The van der Waals surface area contributed by atoms with E-state index in [1.54, 1.807) is 24.0 Å². The van der Waals surface area contributed by atoms with Crippen molar-refractivity contribution in [2.45, 2.75) is 88.8 Å². The van der Waals surface area contributed by atoms with Gasteiger partial charge in [-0.05, 0) is 92.5 Å². The van der Waals surface area contributed by atoms with Gasteiger partial charge in [-0.1, -0.05) is 62.1 Å². The number of carbonyl (C=O) groups excluding carboxylic acids is 2. The van der Waals surface area contributed by atoms with Crippen LogP contribution in [0.5, 0.6) is 0 Å². The summed E-state index contributed by atoms with van der Waals surface area (Å²) in [5.74, 6) is -1.65. The SMILES string of the molecule is Cc1cccc(F)c1C(=O)N1CCC[C@H](C(=O)Nc2cccc(C3(O)CCCC3)c2)[C@@H]1c1ccc(NC2CCCC2)cc1. The summed E-state index contributed by atoms with van der Waals surface area (Å²) in [7, 11) is 0. The molecule has 0 unspecified atom stereocenters. The number of halogens is 1. The molecule has 3 N–H and O–H groups in total. The molecule has 3 aromatic rings. The highest BCUT2D eigenvalue weighted by Crippen LogP contribution is 2.41. The summed E-state index contributed by atoms with van der Waals surface area (Å²) in [4.78, 5) is 29.7. The minimum atomic E-state index is -0.858. The molecule has 0 spiro atoms. The number of hydrogen-bond acceptors (Lipinski definition) is 4. The van der Waals surface area contributed by atoms with Crippen LogP contribution in [0.25, 0.3) is 0 Å². The summed E-state index contributed by atoms with van der Waals surface area (Å²) >= 11 is 0. The molecule has 7 heteroatoms. The third-order valence-electron chi connectivity index (χ3n) is 9.74. The zero-order valence-electron chi connectivity index (χ0n) is 24.9. The van der Waals surface area contributed by atoms with Crippen LogP contribution in [-0.2, 0) is 10.4 Å². The molecule has 43 heavy (non-hydrogen) atoms. The highest BCUT2D eigenvalue weighted by molar-refractivity contribution is 5.98. The molecule has 0 radical (unpaired) electrons. The number of nitrogens with zero attached hydrogens (tertiary/aromatic N) is 1. The second kappa shape index (κ2) is 12.5. The van der Waals surface area contributed by atoms with Gasteiger partial charge in [-0.2, -0.15) is 0 Å². The van der Waals surface area contributed by atoms with Crippen LogP contribution in [0.4, 0.5) is 15.8 Å². The van der Waals surface area contributed by atoms with Crippen LogP contribution in [0.2, 0.25) is 0 Å². The molecular weight excluding hydrogens is 541 g/mol. The summed E-state index contributed by atoms with van der Waals surface area (Å²) in [6, 6.07) is 20.1. The van der Waals surface area contributed by atoms with Gasteiger partial charge in [-0.15, -0.1) is 0 Å². The lowest BCUT2D eigenvalue weighted by Gasteiger charge is -2.41. The largest absolute Gasteiger partial charge is 0.385 e. The lowest BCUT2D eigenvalue weighted by molar-refractivity contribution is -0.123. The Morgan fingerprint density at radius 1 is 0.884 bits per heavy atom. The Labute approximate surface area is 253 Å². The number of aliphatic hydroxyl groups is 1. The number of aryl methyl sites for hydroxylation is 1. The molecule has 1 saturated heterocycles. The van der Waals surface area contributed by atoms with E-state index in [9.17, 15) is 14.7 Å². The van der Waals surface area contributed by atoms with Crippen LogP contribution in [-0.4, -0.2) is 34.4 Å². The summed E-state index contributed by atoms with van der Waals surface area (Å²) in [6.45, 7) is 2.18. The third-order valence-corrected chi connectivity index (χ3v) is 9.74. The Morgan fingerprint density at radius 2 is 1.60 bits per heavy atom. The Hall–Kier alpha value is -3.71. The molecule has 3 fully saturated rings. The van der Waals surface area contributed by atoms with E-state index in [0.717, 1.165) is 42.5 Å². The van der Waals surface area contributed by atoms with Gasteiger partial charge in [0.1, 0.15) is 5.82 Å². The van der Waals surface area contributed by atoms with Crippen LogP contribution in [0.3, 0.4) is 0 Å². The molecule has 6 rings (SSSR count). The zero-order valence-corrected chi connectivity index (χ0v) is 24.9. The molecule has 3 aliphatic rings. The van der Waals surface area contributed by atoms with Gasteiger partial charge in [-0.3, -0.25) is 9.59 Å². The van der Waals surface area contributed by atoms with E-state index in [1.165, 1.54) is 18.9 Å². The van der Waals surface area contributed by atoms with Crippen LogP contribution >= 0.6 is 0 Å². The van der Waals surface area contributed by atoms with Gasteiger partial charge in [-0.25, -0.2) is 4.39 Å². The van der Waals surface area contributed by atoms with Crippen molar-refractivity contribution in [2.24, 2.45) is 5.92 Å². The van der Waals surface area contributed by atoms with Gasteiger partial charge >= 0.3 is 0 Å². The number of benzene rings is 3. The zero-order chi connectivity index (χ0) is 30.0. The monoisotopic (exact) mass is 583 g/mol. The average molecular weight is 584 g/mol. The maximum Gasteiger partial charge on any atom is 0.257 e. The summed E-state index contributed by atoms with van der Waals surface area (Å²) in [5, 5.41) is 17.8. The van der Waals surface area contributed by atoms with Crippen LogP contribution in [0, 0.1) is 18.7 Å². The summed E-state index contributed by atoms with van der Waals surface area (Å²) in [6.07, 6.45) is 9.43. The number of nitrogens with one attached hydrogen (secondary N) is 2. The van der Waals surface area contributed by atoms with Crippen molar-refractivity contribution in [3.05, 3.63) is 94.8 Å². The molecule has 0 aromatic heterocycles. The predicted octanol–water partition coefficient (Wildman–Crippen LogP) is 7.48. The van der Waals surface area contributed by atoms with Crippen molar-refractivity contribution >= 4 is 23.2 Å². The van der Waals surface area contributed by atoms with Gasteiger partial charge in [0.25, 0.3) is 5.91 Å². The molecule has 2 amide bonds. The van der Waals surface area contributed by atoms with E-state index < -0.39 is 29.3 Å². The Morgan fingerprint density at radius 3 is 2.33 bits per heavy atom. The minimum absolute atomic E-state index is 0.0607. The average Bonchev–Trinajstić information content (AvgIpc) is 3.70. The summed E-state index contributed by atoms with van der Waals surface area (Å²) in [5.41, 5.74) is 3.11. The molecule has 6 nitrogen and oxygen atoms in total. The van der Waals surface area contributed by atoms with Crippen molar-refractivity contribution < 1.29 is 19.1 Å². The number of carbonyl (C=O) groups is 2. The molecule has 226 valence electrons. The first kappa shape index (κ1) is 29.4. The van der Waals surface area contributed by atoms with E-state index in [2.05, 4.69) is 10.6 Å². The maximum absolute atomic E-state index is 15.0. The quantitative estimate of drug-likeness (QED) is 0.269. The lowest BCUT2D eigenvalue weighted by Crippen LogP contribution is -2.46. The number of likely N-dealkylation sites (tertiary alicyclic amines) is 1. The number of hydrogen-bond donors (Lipinski definition) is 3. The highest BCUT2D eigenvalue weighted by atomic mass is 19.1. The fourth-order valence-electron chi connectivity index (χ4n) is 7.41. The van der Waals surface area contributed by atoms with Crippen molar-refractivity contribution in [3.8, 4) is 0 Å². The van der Waals surface area contributed by atoms with Gasteiger partial charge < -0.3 is 20.6 Å². The second-order valence-corrected chi connectivity index (χ2v) is 12.7.